The Morgan fingerprint density at radius 2 is 1.88 bits per heavy atom. The minimum Gasteiger partial charge on any atom is -0.340 e. The monoisotopic (exact) mass is 357 g/mol. The van der Waals surface area contributed by atoms with Gasteiger partial charge in [-0.1, -0.05) is 35.6 Å². The first-order valence-corrected chi connectivity index (χ1v) is 9.09. The first-order chi connectivity index (χ1) is 12.2. The van der Waals surface area contributed by atoms with Gasteiger partial charge < -0.3 is 4.90 Å². The van der Waals surface area contributed by atoms with E-state index in [1.807, 2.05) is 6.07 Å². The number of hydrogen-bond acceptors (Lipinski definition) is 4. The maximum atomic E-state index is 13.6. The number of rotatable bonds is 4. The van der Waals surface area contributed by atoms with Gasteiger partial charge in [0.1, 0.15) is 16.6 Å². The molecule has 1 aliphatic heterocycles. The molecule has 6 heteroatoms. The van der Waals surface area contributed by atoms with Crippen LogP contribution in [0.4, 0.5) is 13.9 Å². The van der Waals surface area contributed by atoms with Gasteiger partial charge in [-0.2, -0.15) is 0 Å². The highest BCUT2D eigenvalue weighted by molar-refractivity contribution is 7.15. The molecule has 0 saturated carbocycles. The zero-order valence-electron chi connectivity index (χ0n) is 13.5. The van der Waals surface area contributed by atoms with E-state index in [1.54, 1.807) is 35.6 Å². The zero-order chi connectivity index (χ0) is 17.2. The van der Waals surface area contributed by atoms with Gasteiger partial charge >= 0.3 is 0 Å². The molecule has 4 rings (SSSR count). The van der Waals surface area contributed by atoms with Gasteiger partial charge in [0.2, 0.25) is 5.13 Å². The Morgan fingerprint density at radius 1 is 1.04 bits per heavy atom. The molecule has 2 heterocycles. The van der Waals surface area contributed by atoms with Crippen molar-refractivity contribution in [2.24, 2.45) is 0 Å². The summed E-state index contributed by atoms with van der Waals surface area (Å²) in [5, 5.41) is 10.4. The fraction of sp³-hybridized carbons (Fsp3) is 0.263. The number of nitrogens with zero attached hydrogens (tertiary/aromatic N) is 3. The van der Waals surface area contributed by atoms with Crippen LogP contribution in [0.2, 0.25) is 0 Å². The summed E-state index contributed by atoms with van der Waals surface area (Å²) in [5.74, 6) is -0.449. The minimum absolute atomic E-state index is 0.141. The van der Waals surface area contributed by atoms with E-state index in [4.69, 9.17) is 0 Å². The van der Waals surface area contributed by atoms with Crippen LogP contribution in [0.25, 0.3) is 0 Å². The topological polar surface area (TPSA) is 29.0 Å². The summed E-state index contributed by atoms with van der Waals surface area (Å²) in [6.45, 7) is 0.895. The molecule has 0 bridgehead atoms. The fourth-order valence-corrected chi connectivity index (χ4v) is 4.21. The highest BCUT2D eigenvalue weighted by Gasteiger charge is 2.29. The molecule has 1 saturated heterocycles. The van der Waals surface area contributed by atoms with E-state index < -0.39 is 0 Å². The Kier molecular flexibility index (Phi) is 4.44. The third kappa shape index (κ3) is 3.54. The van der Waals surface area contributed by atoms with E-state index in [0.29, 0.717) is 6.42 Å². The Morgan fingerprint density at radius 3 is 2.68 bits per heavy atom. The quantitative estimate of drug-likeness (QED) is 0.675. The molecule has 1 fully saturated rings. The molecule has 0 N–H and O–H groups in total. The van der Waals surface area contributed by atoms with Crippen LogP contribution in [0.5, 0.6) is 0 Å². The average Bonchev–Trinajstić information content (AvgIpc) is 3.26. The van der Waals surface area contributed by atoms with Crippen molar-refractivity contribution in [3.8, 4) is 0 Å². The van der Waals surface area contributed by atoms with Gasteiger partial charge in [0.15, 0.2) is 0 Å². The van der Waals surface area contributed by atoms with E-state index >= 15 is 0 Å². The summed E-state index contributed by atoms with van der Waals surface area (Å²) >= 11 is 1.55. The Labute approximate surface area is 149 Å². The molecule has 1 aliphatic rings. The third-order valence-corrected chi connectivity index (χ3v) is 5.42. The van der Waals surface area contributed by atoms with Gasteiger partial charge in [-0.25, -0.2) is 8.78 Å². The SMILES string of the molecule is Fc1ccc(Cc2nnc(N3CCCC3c3cccc(F)c3)s2)cc1. The molecule has 25 heavy (non-hydrogen) atoms. The minimum atomic E-state index is -0.239. The fourth-order valence-electron chi connectivity index (χ4n) is 3.27. The van der Waals surface area contributed by atoms with Crippen LogP contribution in [-0.2, 0) is 6.42 Å². The van der Waals surface area contributed by atoms with Crippen molar-refractivity contribution in [3.05, 3.63) is 76.3 Å². The summed E-state index contributed by atoms with van der Waals surface area (Å²) in [4.78, 5) is 2.21. The number of halogens is 2. The Hall–Kier alpha value is -2.34. The van der Waals surface area contributed by atoms with E-state index in [0.717, 1.165) is 40.7 Å². The van der Waals surface area contributed by atoms with Crippen molar-refractivity contribution < 1.29 is 8.78 Å². The van der Waals surface area contributed by atoms with Gasteiger partial charge in [0.05, 0.1) is 6.04 Å². The Bertz CT molecular complexity index is 863. The lowest BCUT2D eigenvalue weighted by atomic mass is 10.0. The van der Waals surface area contributed by atoms with Gasteiger partial charge in [-0.15, -0.1) is 10.2 Å². The Balaban J connectivity index is 1.53. The van der Waals surface area contributed by atoms with Crippen molar-refractivity contribution in [3.63, 3.8) is 0 Å². The standard InChI is InChI=1S/C19H17F2N3S/c20-15-8-6-13(7-9-15)11-18-22-23-19(25-18)24-10-2-5-17(24)14-3-1-4-16(21)12-14/h1,3-4,6-9,12,17H,2,5,10-11H2. The summed E-state index contributed by atoms with van der Waals surface area (Å²) < 4.78 is 26.6. The van der Waals surface area contributed by atoms with Crippen LogP contribution in [0.3, 0.4) is 0 Å². The van der Waals surface area contributed by atoms with E-state index in [-0.39, 0.29) is 17.7 Å². The second kappa shape index (κ2) is 6.88. The largest absolute Gasteiger partial charge is 0.340 e. The molecular formula is C19H17F2N3S. The van der Waals surface area contributed by atoms with E-state index in [9.17, 15) is 8.78 Å². The lowest BCUT2D eigenvalue weighted by Gasteiger charge is -2.23. The van der Waals surface area contributed by atoms with Crippen LogP contribution in [0, 0.1) is 11.6 Å². The van der Waals surface area contributed by atoms with Crippen molar-refractivity contribution in [2.75, 3.05) is 11.4 Å². The van der Waals surface area contributed by atoms with Gasteiger partial charge in [0.25, 0.3) is 0 Å². The number of anilines is 1. The molecule has 1 aromatic heterocycles. The molecule has 3 aromatic rings. The normalized spacial score (nSPS) is 17.2. The summed E-state index contributed by atoms with van der Waals surface area (Å²) in [5.41, 5.74) is 1.99. The molecule has 1 atom stereocenters. The summed E-state index contributed by atoms with van der Waals surface area (Å²) in [6.07, 6.45) is 2.67. The molecule has 2 aromatic carbocycles. The second-order valence-electron chi connectivity index (χ2n) is 6.19. The van der Waals surface area contributed by atoms with Gasteiger partial charge in [0, 0.05) is 13.0 Å². The molecule has 3 nitrogen and oxygen atoms in total. The van der Waals surface area contributed by atoms with E-state index in [2.05, 4.69) is 15.1 Å². The molecule has 128 valence electrons. The van der Waals surface area contributed by atoms with Crippen LogP contribution < -0.4 is 4.90 Å². The molecule has 0 amide bonds. The third-order valence-electron chi connectivity index (χ3n) is 4.46. The summed E-state index contributed by atoms with van der Waals surface area (Å²) in [6, 6.07) is 13.4. The highest BCUT2D eigenvalue weighted by atomic mass is 32.1. The predicted octanol–water partition coefficient (Wildman–Crippen LogP) is 4.75. The van der Waals surface area contributed by atoms with Crippen LogP contribution >= 0.6 is 11.3 Å². The smallest absolute Gasteiger partial charge is 0.208 e. The number of benzene rings is 2. The number of aromatic nitrogens is 2. The first-order valence-electron chi connectivity index (χ1n) is 8.28. The molecule has 0 aliphatic carbocycles. The maximum absolute atomic E-state index is 13.6. The predicted molar refractivity (Wildman–Crippen MR) is 94.8 cm³/mol. The van der Waals surface area contributed by atoms with Crippen LogP contribution in [0.1, 0.15) is 35.0 Å². The van der Waals surface area contributed by atoms with Gasteiger partial charge in [-0.3, -0.25) is 0 Å². The maximum Gasteiger partial charge on any atom is 0.208 e. The van der Waals surface area contributed by atoms with Crippen molar-refractivity contribution in [1.82, 2.24) is 10.2 Å². The highest BCUT2D eigenvalue weighted by Crippen LogP contribution is 2.37. The summed E-state index contributed by atoms with van der Waals surface area (Å²) in [7, 11) is 0. The van der Waals surface area contributed by atoms with Crippen molar-refractivity contribution >= 4 is 16.5 Å². The van der Waals surface area contributed by atoms with Crippen LogP contribution in [-0.4, -0.2) is 16.7 Å². The number of hydrogen-bond donors (Lipinski definition) is 0. The average molecular weight is 357 g/mol. The molecule has 1 unspecified atom stereocenters. The first kappa shape index (κ1) is 16.1. The van der Waals surface area contributed by atoms with Crippen molar-refractivity contribution in [1.29, 1.82) is 0 Å². The van der Waals surface area contributed by atoms with E-state index in [1.165, 1.54) is 18.2 Å². The zero-order valence-corrected chi connectivity index (χ0v) is 14.3. The van der Waals surface area contributed by atoms with Crippen LogP contribution in [0.15, 0.2) is 48.5 Å². The molecule has 0 spiro atoms. The molecule has 0 radical (unpaired) electrons. The lowest BCUT2D eigenvalue weighted by molar-refractivity contribution is 0.618. The second-order valence-corrected chi connectivity index (χ2v) is 7.23. The van der Waals surface area contributed by atoms with Gasteiger partial charge in [-0.05, 0) is 48.2 Å². The van der Waals surface area contributed by atoms with Crippen molar-refractivity contribution in [2.45, 2.75) is 25.3 Å². The lowest BCUT2D eigenvalue weighted by Crippen LogP contribution is -2.22. The molecular weight excluding hydrogens is 340 g/mol.